The molecule has 0 saturated heterocycles. The molecule has 0 spiro atoms. The van der Waals surface area contributed by atoms with Crippen molar-refractivity contribution >= 4 is 17.9 Å². The zero-order chi connectivity index (χ0) is 50.0. The van der Waals surface area contributed by atoms with Gasteiger partial charge in [0.2, 0.25) is 0 Å². The Labute approximate surface area is 426 Å². The van der Waals surface area contributed by atoms with Crippen LogP contribution in [0.2, 0.25) is 0 Å². The molecule has 0 bridgehead atoms. The van der Waals surface area contributed by atoms with Gasteiger partial charge < -0.3 is 14.2 Å². The molecule has 0 saturated carbocycles. The maximum absolute atomic E-state index is 12.8. The molecule has 0 aliphatic heterocycles. The van der Waals surface area contributed by atoms with Crippen molar-refractivity contribution in [1.29, 1.82) is 0 Å². The fraction of sp³-hybridized carbons (Fsp3) is 0.698. The normalized spacial score (nSPS) is 12.8. The molecular formula is C63H106O6. The number of hydrogen-bond acceptors (Lipinski definition) is 6. The van der Waals surface area contributed by atoms with Gasteiger partial charge in [0, 0.05) is 12.8 Å². The second-order valence-corrected chi connectivity index (χ2v) is 18.8. The topological polar surface area (TPSA) is 78.9 Å². The predicted molar refractivity (Wildman–Crippen MR) is 297 cm³/mol. The van der Waals surface area contributed by atoms with Crippen LogP contribution >= 0.6 is 0 Å². The molecule has 0 heterocycles. The molecule has 0 N–H and O–H groups in total. The minimum Gasteiger partial charge on any atom is -0.462 e. The molecule has 394 valence electrons. The van der Waals surface area contributed by atoms with Crippen molar-refractivity contribution in [3.63, 3.8) is 0 Å². The van der Waals surface area contributed by atoms with Crippen LogP contribution in [0.1, 0.15) is 265 Å². The highest BCUT2D eigenvalue weighted by Crippen LogP contribution is 2.14. The lowest BCUT2D eigenvalue weighted by Gasteiger charge is -2.18. The van der Waals surface area contributed by atoms with Gasteiger partial charge in [-0.15, -0.1) is 0 Å². The lowest BCUT2D eigenvalue weighted by molar-refractivity contribution is -0.166. The van der Waals surface area contributed by atoms with Crippen LogP contribution < -0.4 is 0 Å². The molecule has 0 radical (unpaired) electrons. The first-order chi connectivity index (χ1) is 34.0. The Morgan fingerprint density at radius 3 is 1.00 bits per heavy atom. The Bertz CT molecular complexity index is 1380. The highest BCUT2D eigenvalue weighted by atomic mass is 16.6. The van der Waals surface area contributed by atoms with Gasteiger partial charge in [-0.3, -0.25) is 14.4 Å². The van der Waals surface area contributed by atoms with Gasteiger partial charge in [-0.1, -0.05) is 240 Å². The van der Waals surface area contributed by atoms with E-state index in [9.17, 15) is 14.4 Å². The summed E-state index contributed by atoms with van der Waals surface area (Å²) in [6, 6.07) is 0. The minimum absolute atomic E-state index is 0.0919. The van der Waals surface area contributed by atoms with Crippen LogP contribution in [0.25, 0.3) is 0 Å². The van der Waals surface area contributed by atoms with E-state index in [0.29, 0.717) is 12.8 Å². The van der Waals surface area contributed by atoms with Gasteiger partial charge in [0.25, 0.3) is 0 Å². The standard InChI is InChI=1S/C63H106O6/c1-4-7-10-13-16-19-22-25-28-29-30-31-32-33-36-38-41-44-47-50-53-56-62(65)68-59-60(69-63(66)57-54-51-48-45-42-39-35-27-24-21-18-15-12-9-6-3)58-67-61(64)55-52-49-46-43-40-37-34-26-23-20-17-14-11-8-5-2/h9,12,17-18,20-21,26-27,29-30,34-35,42,45,51,54,60H,4-8,10-11,13-16,19,22-25,28,31-33,36-41,43-44,46-50,52-53,55-59H2,1-3H3/b12-9-,20-17-,21-18-,30-29-,34-26-,35-27-,45-42-,54-51-. The van der Waals surface area contributed by atoms with Crippen molar-refractivity contribution in [1.82, 2.24) is 0 Å². The molecule has 1 unspecified atom stereocenters. The Morgan fingerprint density at radius 2 is 0.609 bits per heavy atom. The first-order valence-electron chi connectivity index (χ1n) is 28.7. The van der Waals surface area contributed by atoms with Gasteiger partial charge in [0.15, 0.2) is 6.10 Å². The number of ether oxygens (including phenoxy) is 3. The van der Waals surface area contributed by atoms with Crippen molar-refractivity contribution in [3.8, 4) is 0 Å². The number of rotatable bonds is 51. The van der Waals surface area contributed by atoms with Gasteiger partial charge >= 0.3 is 17.9 Å². The number of allylic oxidation sites excluding steroid dienone is 15. The smallest absolute Gasteiger partial charge is 0.310 e. The van der Waals surface area contributed by atoms with E-state index in [1.165, 1.54) is 128 Å². The maximum Gasteiger partial charge on any atom is 0.310 e. The van der Waals surface area contributed by atoms with Crippen LogP contribution in [0.15, 0.2) is 97.2 Å². The Balaban J connectivity index is 4.46. The van der Waals surface area contributed by atoms with Crippen molar-refractivity contribution in [2.75, 3.05) is 13.2 Å². The van der Waals surface area contributed by atoms with E-state index >= 15 is 0 Å². The van der Waals surface area contributed by atoms with Gasteiger partial charge in [-0.25, -0.2) is 0 Å². The van der Waals surface area contributed by atoms with Crippen LogP contribution in [0.5, 0.6) is 0 Å². The fourth-order valence-electron chi connectivity index (χ4n) is 7.78. The molecule has 0 rings (SSSR count). The average Bonchev–Trinajstić information content (AvgIpc) is 3.35. The van der Waals surface area contributed by atoms with Crippen LogP contribution in [-0.2, 0) is 28.6 Å². The fourth-order valence-corrected chi connectivity index (χ4v) is 7.78. The highest BCUT2D eigenvalue weighted by Gasteiger charge is 2.19. The van der Waals surface area contributed by atoms with Crippen molar-refractivity contribution in [2.45, 2.75) is 271 Å². The van der Waals surface area contributed by atoms with Gasteiger partial charge in [0.05, 0.1) is 6.42 Å². The van der Waals surface area contributed by atoms with Crippen molar-refractivity contribution in [2.24, 2.45) is 0 Å². The molecule has 0 aromatic heterocycles. The lowest BCUT2D eigenvalue weighted by atomic mass is 10.1. The van der Waals surface area contributed by atoms with Crippen LogP contribution in [-0.4, -0.2) is 37.2 Å². The summed E-state index contributed by atoms with van der Waals surface area (Å²) in [5.41, 5.74) is 0. The Kier molecular flexibility index (Phi) is 53.9. The molecule has 0 aliphatic carbocycles. The van der Waals surface area contributed by atoms with Gasteiger partial charge in [-0.05, 0) is 103 Å². The second-order valence-electron chi connectivity index (χ2n) is 18.8. The summed E-state index contributed by atoms with van der Waals surface area (Å²) in [4.78, 5) is 38.1. The molecule has 0 aromatic rings. The lowest BCUT2D eigenvalue weighted by Crippen LogP contribution is -2.30. The highest BCUT2D eigenvalue weighted by molar-refractivity contribution is 5.72. The van der Waals surface area contributed by atoms with E-state index < -0.39 is 12.1 Å². The summed E-state index contributed by atoms with van der Waals surface area (Å²) in [5, 5.41) is 0. The van der Waals surface area contributed by atoms with Crippen molar-refractivity contribution in [3.05, 3.63) is 97.2 Å². The summed E-state index contributed by atoms with van der Waals surface area (Å²) in [6.07, 6.45) is 75.7. The summed E-state index contributed by atoms with van der Waals surface area (Å²) in [7, 11) is 0. The zero-order valence-corrected chi connectivity index (χ0v) is 45.0. The number of hydrogen-bond donors (Lipinski definition) is 0. The van der Waals surface area contributed by atoms with Crippen molar-refractivity contribution < 1.29 is 28.6 Å². The number of unbranched alkanes of at least 4 members (excludes halogenated alkanes) is 25. The van der Waals surface area contributed by atoms with E-state index in [1.807, 2.05) is 6.08 Å². The van der Waals surface area contributed by atoms with E-state index in [0.717, 1.165) is 96.3 Å². The molecule has 0 fully saturated rings. The quantitative estimate of drug-likeness (QED) is 0.0262. The van der Waals surface area contributed by atoms with Crippen LogP contribution in [0.3, 0.4) is 0 Å². The first-order valence-corrected chi connectivity index (χ1v) is 28.7. The minimum atomic E-state index is -0.839. The molecule has 1 atom stereocenters. The van der Waals surface area contributed by atoms with Gasteiger partial charge in [-0.2, -0.15) is 0 Å². The summed E-state index contributed by atoms with van der Waals surface area (Å²) in [6.45, 7) is 6.41. The molecule has 69 heavy (non-hydrogen) atoms. The molecule has 0 amide bonds. The molecule has 6 heteroatoms. The van der Waals surface area contributed by atoms with E-state index in [4.69, 9.17) is 14.2 Å². The number of esters is 3. The second kappa shape index (κ2) is 56.9. The number of carbonyl (C=O) groups is 3. The van der Waals surface area contributed by atoms with Crippen LogP contribution in [0.4, 0.5) is 0 Å². The predicted octanol–water partition coefficient (Wildman–Crippen LogP) is 19.3. The number of carbonyl (C=O) groups excluding carboxylic acids is 3. The first kappa shape index (κ1) is 65.3. The average molecular weight is 960 g/mol. The third-order valence-corrected chi connectivity index (χ3v) is 12.1. The summed E-state index contributed by atoms with van der Waals surface area (Å²) in [5.74, 6) is -1.07. The summed E-state index contributed by atoms with van der Waals surface area (Å²) < 4.78 is 16.7. The Morgan fingerprint density at radius 1 is 0.319 bits per heavy atom. The van der Waals surface area contributed by atoms with Crippen LogP contribution in [0, 0.1) is 0 Å². The third-order valence-electron chi connectivity index (χ3n) is 12.1. The third kappa shape index (κ3) is 55.1. The molecular weight excluding hydrogens is 853 g/mol. The largest absolute Gasteiger partial charge is 0.462 e. The van der Waals surface area contributed by atoms with Gasteiger partial charge in [0.1, 0.15) is 13.2 Å². The SMILES string of the molecule is CC/C=C\C/C=C\C/C=C\C/C=C\C/C=C\CC(=O)OC(COC(=O)CCCCCCC/C=C\C/C=C\CCCCC)COC(=O)CCCCCCCCCCC/C=C\CCCCCCCCCC. The molecule has 6 nitrogen and oxygen atoms in total. The summed E-state index contributed by atoms with van der Waals surface area (Å²) >= 11 is 0. The zero-order valence-electron chi connectivity index (χ0n) is 45.0. The molecule has 0 aliphatic rings. The maximum atomic E-state index is 12.8. The molecule has 0 aromatic carbocycles. The monoisotopic (exact) mass is 959 g/mol. The van der Waals surface area contributed by atoms with E-state index in [1.54, 1.807) is 6.08 Å². The van der Waals surface area contributed by atoms with E-state index in [-0.39, 0.29) is 31.6 Å². The van der Waals surface area contributed by atoms with E-state index in [2.05, 4.69) is 106 Å². The Hall–Kier alpha value is -3.67.